The highest BCUT2D eigenvalue weighted by Crippen LogP contribution is 2.46. The van der Waals surface area contributed by atoms with E-state index in [0.717, 1.165) is 18.6 Å². The maximum atomic E-state index is 12.4. The number of hydrogen-bond acceptors (Lipinski definition) is 3. The largest absolute Gasteiger partial charge is 0.494 e. The molecule has 2 rings (SSSR count). The molecule has 1 aliphatic rings. The smallest absolute Gasteiger partial charge is 0.240 e. The Balaban J connectivity index is 1.92. The number of ether oxygens (including phenoxy) is 1. The van der Waals surface area contributed by atoms with E-state index in [1.165, 1.54) is 0 Å². The molecule has 1 aromatic rings. The topological polar surface area (TPSA) is 67.4 Å². The van der Waals surface area contributed by atoms with E-state index in [2.05, 4.69) is 17.6 Å². The van der Waals surface area contributed by atoms with Crippen molar-refractivity contribution in [1.82, 2.24) is 5.32 Å². The molecule has 0 saturated heterocycles. The summed E-state index contributed by atoms with van der Waals surface area (Å²) in [6.07, 6.45) is 3.19. The standard InChI is InChI=1S/C17H24N2O3/c1-3-5-12-18-15(20)17(10-11-17)16(21)19-13-6-8-14(9-7-13)22-4-2/h6-9H,3-5,10-12H2,1-2H3,(H,18,20)(H,19,21). The predicted molar refractivity (Wildman–Crippen MR) is 85.8 cm³/mol. The number of unbranched alkanes of at least 4 members (excludes halogenated alkanes) is 1. The van der Waals surface area contributed by atoms with E-state index in [-0.39, 0.29) is 11.8 Å². The molecule has 1 aliphatic carbocycles. The van der Waals surface area contributed by atoms with Crippen LogP contribution in [0.1, 0.15) is 39.5 Å². The van der Waals surface area contributed by atoms with Crippen molar-refractivity contribution in [2.24, 2.45) is 5.41 Å². The fraction of sp³-hybridized carbons (Fsp3) is 0.529. The van der Waals surface area contributed by atoms with Gasteiger partial charge in [0.15, 0.2) is 0 Å². The van der Waals surface area contributed by atoms with Crippen LogP contribution in [0.4, 0.5) is 5.69 Å². The van der Waals surface area contributed by atoms with Crippen LogP contribution >= 0.6 is 0 Å². The SMILES string of the molecule is CCCCNC(=O)C1(C(=O)Nc2ccc(OCC)cc2)CC1. The Kier molecular flexibility index (Phi) is 5.41. The zero-order valence-corrected chi connectivity index (χ0v) is 13.3. The number of nitrogens with one attached hydrogen (secondary N) is 2. The number of carbonyl (C=O) groups is 2. The van der Waals surface area contributed by atoms with Crippen LogP contribution in [0.5, 0.6) is 5.75 Å². The van der Waals surface area contributed by atoms with Gasteiger partial charge in [0.05, 0.1) is 6.61 Å². The normalized spacial score (nSPS) is 15.0. The van der Waals surface area contributed by atoms with Gasteiger partial charge in [-0.1, -0.05) is 13.3 Å². The van der Waals surface area contributed by atoms with Gasteiger partial charge in [-0.2, -0.15) is 0 Å². The minimum atomic E-state index is -0.869. The highest BCUT2D eigenvalue weighted by Gasteiger charge is 2.56. The molecule has 1 aromatic carbocycles. The van der Waals surface area contributed by atoms with Gasteiger partial charge in [0, 0.05) is 12.2 Å². The first-order valence-electron chi connectivity index (χ1n) is 7.95. The quantitative estimate of drug-likeness (QED) is 0.573. The second-order valence-electron chi connectivity index (χ2n) is 5.60. The molecule has 0 heterocycles. The van der Waals surface area contributed by atoms with Gasteiger partial charge in [0.25, 0.3) is 0 Å². The summed E-state index contributed by atoms with van der Waals surface area (Å²) < 4.78 is 5.36. The van der Waals surface area contributed by atoms with Gasteiger partial charge in [0.2, 0.25) is 11.8 Å². The molecule has 0 unspecified atom stereocenters. The molecule has 1 fully saturated rings. The van der Waals surface area contributed by atoms with Crippen molar-refractivity contribution in [3.63, 3.8) is 0 Å². The maximum Gasteiger partial charge on any atom is 0.240 e. The van der Waals surface area contributed by atoms with Gasteiger partial charge in [-0.25, -0.2) is 0 Å². The van der Waals surface area contributed by atoms with Crippen molar-refractivity contribution in [3.8, 4) is 5.75 Å². The Morgan fingerprint density at radius 2 is 1.82 bits per heavy atom. The van der Waals surface area contributed by atoms with Crippen LogP contribution in [0.25, 0.3) is 0 Å². The van der Waals surface area contributed by atoms with Crippen LogP contribution in [0.3, 0.4) is 0 Å². The lowest BCUT2D eigenvalue weighted by Crippen LogP contribution is -2.40. The van der Waals surface area contributed by atoms with E-state index in [9.17, 15) is 9.59 Å². The first kappa shape index (κ1) is 16.3. The fourth-order valence-corrected chi connectivity index (χ4v) is 2.28. The van der Waals surface area contributed by atoms with Crippen LogP contribution in [-0.2, 0) is 9.59 Å². The van der Waals surface area contributed by atoms with E-state index in [4.69, 9.17) is 4.74 Å². The highest BCUT2D eigenvalue weighted by molar-refractivity contribution is 6.13. The molecule has 0 aromatic heterocycles. The molecule has 0 bridgehead atoms. The lowest BCUT2D eigenvalue weighted by atomic mass is 10.0. The Morgan fingerprint density at radius 1 is 1.14 bits per heavy atom. The summed E-state index contributed by atoms with van der Waals surface area (Å²) in [5, 5.41) is 5.69. The lowest BCUT2D eigenvalue weighted by Gasteiger charge is -2.15. The minimum absolute atomic E-state index is 0.149. The summed E-state index contributed by atoms with van der Waals surface area (Å²) in [7, 11) is 0. The van der Waals surface area contributed by atoms with Crippen LogP contribution < -0.4 is 15.4 Å². The van der Waals surface area contributed by atoms with Gasteiger partial charge in [-0.05, 0) is 50.5 Å². The number of benzene rings is 1. The molecular formula is C17H24N2O3. The van der Waals surface area contributed by atoms with Crippen molar-refractivity contribution < 1.29 is 14.3 Å². The minimum Gasteiger partial charge on any atom is -0.494 e. The Morgan fingerprint density at radius 3 is 2.36 bits per heavy atom. The molecule has 0 atom stereocenters. The average molecular weight is 304 g/mol. The average Bonchev–Trinajstić information content (AvgIpc) is 3.31. The summed E-state index contributed by atoms with van der Waals surface area (Å²) in [6, 6.07) is 7.18. The van der Waals surface area contributed by atoms with E-state index >= 15 is 0 Å². The summed E-state index contributed by atoms with van der Waals surface area (Å²) in [5.74, 6) is 0.397. The molecule has 0 aliphatic heterocycles. The molecule has 0 radical (unpaired) electrons. The van der Waals surface area contributed by atoms with Gasteiger partial charge in [0.1, 0.15) is 11.2 Å². The third kappa shape index (κ3) is 3.78. The molecule has 0 spiro atoms. The molecular weight excluding hydrogens is 280 g/mol. The van der Waals surface area contributed by atoms with Crippen molar-refractivity contribution in [3.05, 3.63) is 24.3 Å². The van der Waals surface area contributed by atoms with E-state index < -0.39 is 5.41 Å². The lowest BCUT2D eigenvalue weighted by molar-refractivity contribution is -0.134. The summed E-state index contributed by atoms with van der Waals surface area (Å²) in [5.41, 5.74) is -0.187. The molecule has 120 valence electrons. The predicted octanol–water partition coefficient (Wildman–Crippen LogP) is 2.72. The van der Waals surface area contributed by atoms with Gasteiger partial charge in [-0.3, -0.25) is 9.59 Å². The highest BCUT2D eigenvalue weighted by atomic mass is 16.5. The Labute approximate surface area is 131 Å². The molecule has 2 amide bonds. The van der Waals surface area contributed by atoms with Gasteiger partial charge in [-0.15, -0.1) is 0 Å². The Hall–Kier alpha value is -2.04. The molecule has 5 nitrogen and oxygen atoms in total. The van der Waals surface area contributed by atoms with E-state index in [0.29, 0.717) is 31.7 Å². The fourth-order valence-electron chi connectivity index (χ4n) is 2.28. The third-order valence-corrected chi connectivity index (χ3v) is 3.86. The maximum absolute atomic E-state index is 12.4. The molecule has 5 heteroatoms. The van der Waals surface area contributed by atoms with Crippen LogP contribution in [0.15, 0.2) is 24.3 Å². The number of rotatable bonds is 8. The monoisotopic (exact) mass is 304 g/mol. The zero-order chi connectivity index (χ0) is 16.0. The van der Waals surface area contributed by atoms with E-state index in [1.54, 1.807) is 24.3 Å². The zero-order valence-electron chi connectivity index (χ0n) is 13.3. The third-order valence-electron chi connectivity index (χ3n) is 3.86. The Bertz CT molecular complexity index is 521. The van der Waals surface area contributed by atoms with Crippen LogP contribution in [0, 0.1) is 5.41 Å². The van der Waals surface area contributed by atoms with Crippen molar-refractivity contribution in [1.29, 1.82) is 0 Å². The van der Waals surface area contributed by atoms with Gasteiger partial charge >= 0.3 is 0 Å². The molecule has 22 heavy (non-hydrogen) atoms. The van der Waals surface area contributed by atoms with Crippen LogP contribution in [-0.4, -0.2) is 25.0 Å². The number of anilines is 1. The molecule has 1 saturated carbocycles. The van der Waals surface area contributed by atoms with Crippen molar-refractivity contribution in [2.45, 2.75) is 39.5 Å². The second kappa shape index (κ2) is 7.29. The second-order valence-corrected chi connectivity index (χ2v) is 5.60. The summed E-state index contributed by atoms with van der Waals surface area (Å²) in [6.45, 7) is 5.22. The van der Waals surface area contributed by atoms with Crippen molar-refractivity contribution >= 4 is 17.5 Å². The van der Waals surface area contributed by atoms with Crippen molar-refractivity contribution in [2.75, 3.05) is 18.5 Å². The summed E-state index contributed by atoms with van der Waals surface area (Å²) in [4.78, 5) is 24.6. The van der Waals surface area contributed by atoms with Crippen LogP contribution in [0.2, 0.25) is 0 Å². The first-order chi connectivity index (χ1) is 10.6. The summed E-state index contributed by atoms with van der Waals surface area (Å²) >= 11 is 0. The number of amides is 2. The first-order valence-corrected chi connectivity index (χ1v) is 7.95. The number of carbonyl (C=O) groups excluding carboxylic acids is 2. The van der Waals surface area contributed by atoms with E-state index in [1.807, 2.05) is 6.92 Å². The van der Waals surface area contributed by atoms with Gasteiger partial charge < -0.3 is 15.4 Å². The number of hydrogen-bond donors (Lipinski definition) is 2. The molecule has 2 N–H and O–H groups in total.